The Morgan fingerprint density at radius 3 is 2.50 bits per heavy atom. The lowest BCUT2D eigenvalue weighted by molar-refractivity contribution is -0.00832. The van der Waals surface area contributed by atoms with Crippen LogP contribution in [-0.2, 0) is 14.8 Å². The van der Waals surface area contributed by atoms with Crippen LogP contribution in [0, 0.1) is 5.92 Å². The van der Waals surface area contributed by atoms with Crippen LogP contribution in [0.3, 0.4) is 0 Å². The molecule has 2 aromatic carbocycles. The highest BCUT2D eigenvalue weighted by Crippen LogP contribution is 2.29. The molecule has 0 spiro atoms. The number of amides is 3. The second-order valence-electron chi connectivity index (χ2n) is 12.0. The van der Waals surface area contributed by atoms with Gasteiger partial charge in [-0.1, -0.05) is 13.0 Å². The molecule has 1 aliphatic heterocycles. The van der Waals surface area contributed by atoms with Crippen molar-refractivity contribution in [1.82, 2.24) is 9.21 Å². The maximum Gasteiger partial charge on any atom is 0.323 e. The van der Waals surface area contributed by atoms with Crippen LogP contribution in [-0.4, -0.2) is 93.4 Å². The second kappa shape index (κ2) is 17.1. The number of anilines is 2. The Hall–Kier alpha value is -3.69. The molecule has 3 N–H and O–H groups in total. The molecule has 0 saturated carbocycles. The van der Waals surface area contributed by atoms with Gasteiger partial charge in [0.1, 0.15) is 15.7 Å². The predicted molar refractivity (Wildman–Crippen MR) is 187 cm³/mol. The summed E-state index contributed by atoms with van der Waals surface area (Å²) in [5.74, 6) is 0.305. The zero-order chi connectivity index (χ0) is 34.8. The third-order valence-electron chi connectivity index (χ3n) is 8.25. The fourth-order valence-corrected chi connectivity index (χ4v) is 7.73. The number of rotatable bonds is 9. The van der Waals surface area contributed by atoms with Gasteiger partial charge in [0.05, 0.1) is 37.5 Å². The van der Waals surface area contributed by atoms with Crippen molar-refractivity contribution in [3.05, 3.63) is 65.5 Å². The molecule has 48 heavy (non-hydrogen) atoms. The van der Waals surface area contributed by atoms with Gasteiger partial charge in [0, 0.05) is 44.0 Å². The number of fused-ring (bicyclic) bond motifs is 1. The summed E-state index contributed by atoms with van der Waals surface area (Å²) in [5, 5.41) is 17.5. The van der Waals surface area contributed by atoms with Crippen LogP contribution in [0.2, 0.25) is 0 Å². The molecule has 3 amide bonds. The molecule has 0 saturated heterocycles. The van der Waals surface area contributed by atoms with E-state index in [1.54, 1.807) is 78.9 Å². The molecule has 1 aliphatic rings. The number of aliphatic hydroxyl groups is 1. The normalized spacial score (nSPS) is 20.3. The van der Waals surface area contributed by atoms with Crippen molar-refractivity contribution in [2.24, 2.45) is 5.92 Å². The predicted octanol–water partition coefficient (Wildman–Crippen LogP) is 5.52. The third kappa shape index (κ3) is 9.69. The number of carbonyl (C=O) groups excluding carboxylic acids is 2. The quantitative estimate of drug-likeness (QED) is 0.264. The first-order chi connectivity index (χ1) is 22.9. The monoisotopic (exact) mass is 702 g/mol. The van der Waals surface area contributed by atoms with Crippen LogP contribution in [0.4, 0.5) is 16.2 Å². The van der Waals surface area contributed by atoms with Crippen molar-refractivity contribution in [2.75, 3.05) is 51.1 Å². The molecule has 0 unspecified atom stereocenters. The summed E-state index contributed by atoms with van der Waals surface area (Å²) in [6.07, 6.45) is 1.49. The summed E-state index contributed by atoms with van der Waals surface area (Å²) >= 11 is 1.15. The van der Waals surface area contributed by atoms with E-state index < -0.39 is 34.1 Å². The number of methoxy groups -OCH3 is 1. The SMILES string of the molecule is COc1ccc(NC(=O)Nc2ccc3c(c2)C(=O)N([C@@H](C)CO)C[C@@H](C)[C@H](CN(C)S(=O)(=O)c2cccs2)OCCCC[C@@H](C)O3)cc1. The summed E-state index contributed by atoms with van der Waals surface area (Å²) < 4.78 is 45.8. The topological polar surface area (TPSA) is 147 Å². The minimum absolute atomic E-state index is 0.0877. The van der Waals surface area contributed by atoms with E-state index >= 15 is 0 Å². The molecule has 14 heteroatoms. The number of nitrogens with one attached hydrogen (secondary N) is 2. The molecule has 1 aromatic heterocycles. The van der Waals surface area contributed by atoms with Gasteiger partial charge in [0.15, 0.2) is 0 Å². The lowest BCUT2D eigenvalue weighted by atomic mass is 10.0. The van der Waals surface area contributed by atoms with Gasteiger partial charge >= 0.3 is 6.03 Å². The number of aliphatic hydroxyl groups excluding tert-OH is 1. The molecule has 0 fully saturated rings. The Bertz CT molecular complexity index is 1600. The van der Waals surface area contributed by atoms with Gasteiger partial charge in [0.25, 0.3) is 15.9 Å². The molecule has 262 valence electrons. The average Bonchev–Trinajstić information content (AvgIpc) is 3.62. The highest BCUT2D eigenvalue weighted by atomic mass is 32.2. The summed E-state index contributed by atoms with van der Waals surface area (Å²) in [4.78, 5) is 28.8. The summed E-state index contributed by atoms with van der Waals surface area (Å²) in [6.45, 7) is 5.96. The molecular formula is C34H46N4O8S2. The number of hydrogen-bond donors (Lipinski definition) is 3. The van der Waals surface area contributed by atoms with Crippen LogP contribution in [0.25, 0.3) is 0 Å². The molecule has 2 heterocycles. The Kier molecular flexibility index (Phi) is 13.2. The third-order valence-corrected chi connectivity index (χ3v) is 11.5. The van der Waals surface area contributed by atoms with Crippen LogP contribution in [0.1, 0.15) is 50.4 Å². The number of hydrogen-bond acceptors (Lipinski definition) is 9. The number of likely N-dealkylation sites (N-methyl/N-ethyl adjacent to an activating group) is 1. The first kappa shape index (κ1) is 37.1. The number of urea groups is 1. The fraction of sp³-hybridized carbons (Fsp3) is 0.471. The molecule has 4 atom stereocenters. The number of benzene rings is 2. The lowest BCUT2D eigenvalue weighted by Gasteiger charge is -2.35. The van der Waals surface area contributed by atoms with E-state index in [2.05, 4.69) is 10.6 Å². The smallest absolute Gasteiger partial charge is 0.323 e. The molecule has 4 rings (SSSR count). The van der Waals surface area contributed by atoms with Crippen LogP contribution < -0.4 is 20.1 Å². The maximum atomic E-state index is 14.3. The van der Waals surface area contributed by atoms with Gasteiger partial charge in [-0.15, -0.1) is 11.3 Å². The lowest BCUT2D eigenvalue weighted by Crippen LogP contribution is -2.48. The van der Waals surface area contributed by atoms with E-state index in [0.717, 1.165) is 24.2 Å². The largest absolute Gasteiger partial charge is 0.497 e. The van der Waals surface area contributed by atoms with Crippen molar-refractivity contribution in [3.63, 3.8) is 0 Å². The van der Waals surface area contributed by atoms with Crippen molar-refractivity contribution in [1.29, 1.82) is 0 Å². The second-order valence-corrected chi connectivity index (χ2v) is 15.3. The Morgan fingerprint density at radius 1 is 1.12 bits per heavy atom. The Balaban J connectivity index is 1.61. The fourth-order valence-electron chi connectivity index (χ4n) is 5.35. The van der Waals surface area contributed by atoms with E-state index in [9.17, 15) is 23.1 Å². The number of carbonyl (C=O) groups is 2. The Labute approximate surface area is 287 Å². The zero-order valence-corrected chi connectivity index (χ0v) is 29.7. The van der Waals surface area contributed by atoms with E-state index in [4.69, 9.17) is 14.2 Å². The first-order valence-electron chi connectivity index (χ1n) is 16.0. The molecule has 12 nitrogen and oxygen atoms in total. The number of sulfonamides is 1. The Morgan fingerprint density at radius 2 is 1.83 bits per heavy atom. The highest BCUT2D eigenvalue weighted by Gasteiger charge is 2.32. The standard InChI is InChI=1S/C34H46N4O8S2/c1-23-20-38(24(2)22-39)33(40)29-19-27(36-34(41)35-26-11-14-28(44-5)15-12-26)13-16-30(29)46-25(3)9-6-7-17-45-31(23)21-37(4)48(42,43)32-10-8-18-47-32/h8,10-16,18-19,23-25,31,39H,6-7,9,17,20-22H2,1-5H3,(H2,35,36,41)/t23-,24+,25-,31+/m1/s1. The van der Waals surface area contributed by atoms with Crippen LogP contribution >= 0.6 is 11.3 Å². The van der Waals surface area contributed by atoms with E-state index in [1.807, 2.05) is 13.8 Å². The highest BCUT2D eigenvalue weighted by molar-refractivity contribution is 7.91. The van der Waals surface area contributed by atoms with E-state index in [0.29, 0.717) is 35.9 Å². The van der Waals surface area contributed by atoms with E-state index in [-0.39, 0.29) is 41.5 Å². The minimum atomic E-state index is -3.72. The van der Waals surface area contributed by atoms with Gasteiger partial charge in [0.2, 0.25) is 0 Å². The molecule has 0 bridgehead atoms. The molecule has 0 aliphatic carbocycles. The van der Waals surface area contributed by atoms with E-state index in [1.165, 1.54) is 11.4 Å². The summed E-state index contributed by atoms with van der Waals surface area (Å²) in [7, 11) is -0.628. The number of thiophene rings is 1. The first-order valence-corrected chi connectivity index (χ1v) is 18.3. The minimum Gasteiger partial charge on any atom is -0.497 e. The molecular weight excluding hydrogens is 657 g/mol. The van der Waals surface area contributed by atoms with Gasteiger partial charge in [-0.2, -0.15) is 4.31 Å². The van der Waals surface area contributed by atoms with Gasteiger partial charge in [-0.05, 0) is 87.0 Å². The van der Waals surface area contributed by atoms with Crippen molar-refractivity contribution in [2.45, 2.75) is 62.5 Å². The average molecular weight is 703 g/mol. The van der Waals surface area contributed by atoms with Crippen LogP contribution in [0.5, 0.6) is 11.5 Å². The number of ether oxygens (including phenoxy) is 3. The van der Waals surface area contributed by atoms with Gasteiger partial charge in [-0.3, -0.25) is 4.79 Å². The van der Waals surface area contributed by atoms with Gasteiger partial charge in [-0.25, -0.2) is 13.2 Å². The van der Waals surface area contributed by atoms with Crippen molar-refractivity contribution < 1.29 is 37.3 Å². The van der Waals surface area contributed by atoms with Crippen LogP contribution in [0.15, 0.2) is 64.2 Å². The van der Waals surface area contributed by atoms with Crippen molar-refractivity contribution >= 4 is 44.7 Å². The molecule has 0 radical (unpaired) electrons. The number of nitrogens with zero attached hydrogens (tertiary/aromatic N) is 2. The van der Waals surface area contributed by atoms with Crippen molar-refractivity contribution in [3.8, 4) is 11.5 Å². The zero-order valence-electron chi connectivity index (χ0n) is 28.0. The molecule has 3 aromatic rings. The van der Waals surface area contributed by atoms with Gasteiger partial charge < -0.3 is 34.9 Å². The maximum absolute atomic E-state index is 14.3. The summed E-state index contributed by atoms with van der Waals surface area (Å²) in [6, 6.07) is 14.0. The summed E-state index contributed by atoms with van der Waals surface area (Å²) in [5.41, 5.74) is 1.16.